The number of nitrogens with one attached hydrogen (secondary N) is 2. The van der Waals surface area contributed by atoms with Gasteiger partial charge in [-0.15, -0.1) is 0 Å². The van der Waals surface area contributed by atoms with Crippen LogP contribution in [0.3, 0.4) is 0 Å². The molecular weight excluding hydrogens is 400 g/mol. The normalized spacial score (nSPS) is 12.2. The fraction of sp³-hybridized carbons (Fsp3) is 0.320. The van der Waals surface area contributed by atoms with Crippen molar-refractivity contribution in [3.05, 3.63) is 78.1 Å². The first-order valence-electron chi connectivity index (χ1n) is 11.2. The first-order chi connectivity index (χ1) is 15.7. The number of hydrogen-bond acceptors (Lipinski definition) is 6. The number of imidazole rings is 1. The van der Waals surface area contributed by atoms with E-state index in [-0.39, 0.29) is 18.7 Å². The molecule has 7 nitrogen and oxygen atoms in total. The average Bonchev–Trinajstić information content (AvgIpc) is 3.25. The molecular formula is C25H30N6O. The van der Waals surface area contributed by atoms with Gasteiger partial charge in [0.2, 0.25) is 5.95 Å². The first kappa shape index (κ1) is 21.8. The molecule has 1 atom stereocenters. The van der Waals surface area contributed by atoms with Crippen LogP contribution in [0.4, 0.5) is 11.8 Å². The van der Waals surface area contributed by atoms with E-state index in [1.165, 1.54) is 0 Å². The maximum atomic E-state index is 9.66. The third-order valence-corrected chi connectivity index (χ3v) is 5.52. The van der Waals surface area contributed by atoms with Gasteiger partial charge in [-0.1, -0.05) is 74.5 Å². The van der Waals surface area contributed by atoms with Gasteiger partial charge in [0.1, 0.15) is 0 Å². The molecule has 0 bridgehead atoms. The number of nitrogens with zero attached hydrogens (tertiary/aromatic N) is 4. The molecule has 0 fully saturated rings. The Balaban J connectivity index is 1.80. The zero-order valence-electron chi connectivity index (χ0n) is 18.6. The highest BCUT2D eigenvalue weighted by Crippen LogP contribution is 2.30. The van der Waals surface area contributed by atoms with Crippen molar-refractivity contribution < 1.29 is 5.11 Å². The minimum Gasteiger partial charge on any atom is -0.394 e. The van der Waals surface area contributed by atoms with Crippen LogP contribution < -0.4 is 10.6 Å². The monoisotopic (exact) mass is 430 g/mol. The van der Waals surface area contributed by atoms with E-state index >= 15 is 0 Å². The molecule has 7 heteroatoms. The van der Waals surface area contributed by atoms with E-state index in [1.54, 1.807) is 0 Å². The lowest BCUT2D eigenvalue weighted by molar-refractivity contribution is 0.271. The van der Waals surface area contributed by atoms with Gasteiger partial charge >= 0.3 is 0 Å². The molecule has 0 saturated heterocycles. The van der Waals surface area contributed by atoms with Crippen LogP contribution in [0.25, 0.3) is 11.2 Å². The van der Waals surface area contributed by atoms with Crippen molar-refractivity contribution >= 4 is 22.9 Å². The van der Waals surface area contributed by atoms with Crippen LogP contribution in [-0.4, -0.2) is 37.3 Å². The topological polar surface area (TPSA) is 87.9 Å². The first-order valence-corrected chi connectivity index (χ1v) is 11.2. The summed E-state index contributed by atoms with van der Waals surface area (Å²) in [5.74, 6) is 1.15. The smallest absolute Gasteiger partial charge is 0.227 e. The molecule has 0 aliphatic heterocycles. The lowest BCUT2D eigenvalue weighted by Crippen LogP contribution is -2.24. The molecule has 4 rings (SSSR count). The van der Waals surface area contributed by atoms with Gasteiger partial charge in [-0.2, -0.15) is 9.97 Å². The van der Waals surface area contributed by atoms with Gasteiger partial charge in [-0.25, -0.2) is 4.98 Å². The van der Waals surface area contributed by atoms with Crippen LogP contribution in [0.5, 0.6) is 0 Å². The number of aryl methyl sites for hydroxylation is 1. The summed E-state index contributed by atoms with van der Waals surface area (Å²) in [6.45, 7) is 4.99. The molecule has 166 valence electrons. The van der Waals surface area contributed by atoms with Crippen LogP contribution >= 0.6 is 0 Å². The number of aliphatic hydroxyl groups is 1. The Labute approximate surface area is 188 Å². The summed E-state index contributed by atoms with van der Waals surface area (Å²) >= 11 is 0. The Morgan fingerprint density at radius 1 is 0.906 bits per heavy atom. The second-order valence-corrected chi connectivity index (χ2v) is 7.84. The fourth-order valence-corrected chi connectivity index (χ4v) is 3.76. The van der Waals surface area contributed by atoms with Crippen molar-refractivity contribution in [2.45, 2.75) is 45.3 Å². The lowest BCUT2D eigenvalue weighted by Gasteiger charge is -2.22. The highest BCUT2D eigenvalue weighted by atomic mass is 16.3. The Kier molecular flexibility index (Phi) is 6.97. The molecule has 1 unspecified atom stereocenters. The van der Waals surface area contributed by atoms with Crippen LogP contribution in [0.1, 0.15) is 43.9 Å². The van der Waals surface area contributed by atoms with Gasteiger partial charge in [0, 0.05) is 6.54 Å². The third-order valence-electron chi connectivity index (χ3n) is 5.52. The van der Waals surface area contributed by atoms with E-state index in [0.29, 0.717) is 11.8 Å². The van der Waals surface area contributed by atoms with E-state index in [9.17, 15) is 5.11 Å². The van der Waals surface area contributed by atoms with E-state index in [1.807, 2.05) is 54.2 Å². The number of rotatable bonds is 10. The summed E-state index contributed by atoms with van der Waals surface area (Å²) in [6, 6.07) is 20.4. The summed E-state index contributed by atoms with van der Waals surface area (Å²) in [7, 11) is 0. The second kappa shape index (κ2) is 10.2. The number of aliphatic hydroxyl groups excluding tert-OH is 1. The lowest BCUT2D eigenvalue weighted by atomic mass is 9.99. The molecule has 2 aromatic carbocycles. The summed E-state index contributed by atoms with van der Waals surface area (Å²) in [6.07, 6.45) is 3.57. The molecule has 4 aromatic rings. The number of hydrogen-bond donors (Lipinski definition) is 3. The Bertz CT molecular complexity index is 1090. The molecule has 0 aliphatic carbocycles. The molecule has 0 aliphatic rings. The molecule has 2 aromatic heterocycles. The number of fused-ring (bicyclic) bond motifs is 1. The summed E-state index contributed by atoms with van der Waals surface area (Å²) in [5.41, 5.74) is 3.78. The minimum atomic E-state index is -0.109. The Morgan fingerprint density at radius 2 is 1.56 bits per heavy atom. The largest absolute Gasteiger partial charge is 0.394 e. The van der Waals surface area contributed by atoms with Crippen molar-refractivity contribution in [3.8, 4) is 0 Å². The zero-order valence-corrected chi connectivity index (χ0v) is 18.6. The van der Waals surface area contributed by atoms with Crippen molar-refractivity contribution in [1.82, 2.24) is 19.5 Å². The van der Waals surface area contributed by atoms with Crippen LogP contribution in [-0.2, 0) is 6.54 Å². The molecule has 0 amide bonds. The second-order valence-electron chi connectivity index (χ2n) is 7.84. The van der Waals surface area contributed by atoms with E-state index in [0.717, 1.165) is 41.7 Å². The van der Waals surface area contributed by atoms with Gasteiger partial charge < -0.3 is 20.3 Å². The van der Waals surface area contributed by atoms with Crippen molar-refractivity contribution in [2.24, 2.45) is 0 Å². The maximum Gasteiger partial charge on any atom is 0.227 e. The summed E-state index contributed by atoms with van der Waals surface area (Å²) in [5, 5.41) is 16.6. The fourth-order valence-electron chi connectivity index (χ4n) is 3.76. The predicted molar refractivity (Wildman–Crippen MR) is 129 cm³/mol. The van der Waals surface area contributed by atoms with Crippen LogP contribution in [0, 0.1) is 0 Å². The van der Waals surface area contributed by atoms with Gasteiger partial charge in [0.15, 0.2) is 17.0 Å². The highest BCUT2D eigenvalue weighted by molar-refractivity contribution is 5.84. The quantitative estimate of drug-likeness (QED) is 0.340. The average molecular weight is 431 g/mol. The van der Waals surface area contributed by atoms with Crippen LogP contribution in [0.2, 0.25) is 0 Å². The van der Waals surface area contributed by atoms with Gasteiger partial charge in [0.25, 0.3) is 0 Å². The standard InChI is InChI=1S/C25H30N6O/c1-3-15-31-17-26-22-23(29-25(30-24(22)31)27-20(4-2)16-32)28-21(18-11-7-5-8-12-18)19-13-9-6-10-14-19/h5-14,17,20-21,32H,3-4,15-16H2,1-2H3,(H2,27,28,29,30). The maximum absolute atomic E-state index is 9.66. The van der Waals surface area contributed by atoms with E-state index in [4.69, 9.17) is 9.97 Å². The minimum absolute atomic E-state index is 0.0194. The van der Waals surface area contributed by atoms with E-state index < -0.39 is 0 Å². The third kappa shape index (κ3) is 4.73. The molecule has 2 heterocycles. The molecule has 3 N–H and O–H groups in total. The number of benzene rings is 2. The molecule has 0 spiro atoms. The zero-order chi connectivity index (χ0) is 22.3. The SMILES string of the molecule is CCCn1cnc2c(NC(c3ccccc3)c3ccccc3)nc(NC(CC)CO)nc21. The van der Waals surface area contributed by atoms with Gasteiger partial charge in [-0.05, 0) is 24.0 Å². The van der Waals surface area contributed by atoms with E-state index in [2.05, 4.69) is 46.8 Å². The van der Waals surface area contributed by atoms with Crippen molar-refractivity contribution in [3.63, 3.8) is 0 Å². The number of anilines is 2. The number of aromatic nitrogens is 4. The predicted octanol–water partition coefficient (Wildman–Crippen LogP) is 4.62. The Hall–Kier alpha value is -3.45. The molecule has 0 radical (unpaired) electrons. The van der Waals surface area contributed by atoms with Crippen LogP contribution in [0.15, 0.2) is 67.0 Å². The van der Waals surface area contributed by atoms with Gasteiger partial charge in [-0.3, -0.25) is 0 Å². The van der Waals surface area contributed by atoms with Gasteiger partial charge in [0.05, 0.1) is 25.0 Å². The summed E-state index contributed by atoms with van der Waals surface area (Å²) < 4.78 is 2.05. The van der Waals surface area contributed by atoms with Crippen molar-refractivity contribution in [1.29, 1.82) is 0 Å². The Morgan fingerprint density at radius 3 is 2.12 bits per heavy atom. The molecule has 0 saturated carbocycles. The van der Waals surface area contributed by atoms with Crippen molar-refractivity contribution in [2.75, 3.05) is 17.2 Å². The highest BCUT2D eigenvalue weighted by Gasteiger charge is 2.20. The summed E-state index contributed by atoms with van der Waals surface area (Å²) in [4.78, 5) is 14.1. The molecule has 32 heavy (non-hydrogen) atoms.